The number of likely N-dealkylation sites (N-methyl/N-ethyl adjacent to an activating group) is 1. The van der Waals surface area contributed by atoms with Crippen molar-refractivity contribution in [2.75, 3.05) is 20.3 Å². The lowest BCUT2D eigenvalue weighted by Gasteiger charge is -2.26. The highest BCUT2D eigenvalue weighted by Gasteiger charge is 2.20. The second-order valence-corrected chi connectivity index (χ2v) is 4.14. The Morgan fingerprint density at radius 3 is 2.71 bits per heavy atom. The zero-order valence-electron chi connectivity index (χ0n) is 9.96. The summed E-state index contributed by atoms with van der Waals surface area (Å²) in [6.07, 6.45) is 0.482. The number of nitrogens with one attached hydrogen (secondary N) is 1. The van der Waals surface area contributed by atoms with Crippen molar-refractivity contribution in [3.05, 3.63) is 29.8 Å². The lowest BCUT2D eigenvalue weighted by Crippen LogP contribution is -2.44. The molecule has 0 amide bonds. The molecule has 3 nitrogen and oxygen atoms in total. The lowest BCUT2D eigenvalue weighted by molar-refractivity contribution is 0.149. The third-order valence-corrected chi connectivity index (χ3v) is 2.76. The van der Waals surface area contributed by atoms with Crippen LogP contribution < -0.4 is 10.1 Å². The average molecular weight is 245 g/mol. The molecule has 0 heterocycles. The minimum atomic E-state index is -0.596. The summed E-state index contributed by atoms with van der Waals surface area (Å²) in [6, 6.07) is 3.06. The van der Waals surface area contributed by atoms with Crippen molar-refractivity contribution in [2.24, 2.45) is 0 Å². The summed E-state index contributed by atoms with van der Waals surface area (Å²) in [5.74, 6) is -1.25. The highest BCUT2D eigenvalue weighted by Crippen LogP contribution is 2.19. The predicted octanol–water partition coefficient (Wildman–Crippen LogP) is 1.70. The number of rotatable bonds is 6. The Morgan fingerprint density at radius 2 is 2.12 bits per heavy atom. The first-order chi connectivity index (χ1) is 8.00. The molecule has 0 aliphatic carbocycles. The third-order valence-electron chi connectivity index (χ3n) is 2.76. The first-order valence-corrected chi connectivity index (χ1v) is 5.38. The van der Waals surface area contributed by atoms with Crippen LogP contribution in [0.15, 0.2) is 18.2 Å². The fourth-order valence-corrected chi connectivity index (χ4v) is 1.26. The van der Waals surface area contributed by atoms with E-state index in [0.29, 0.717) is 6.42 Å². The number of halogens is 2. The minimum absolute atomic E-state index is 0.0571. The molecular weight excluding hydrogens is 228 g/mol. The van der Waals surface area contributed by atoms with Gasteiger partial charge in [-0.25, -0.2) is 8.78 Å². The molecule has 2 N–H and O–H groups in total. The normalized spacial score (nSPS) is 14.4. The topological polar surface area (TPSA) is 41.5 Å². The van der Waals surface area contributed by atoms with Crippen molar-refractivity contribution in [3.8, 4) is 5.75 Å². The summed E-state index contributed by atoms with van der Waals surface area (Å²) in [6.45, 7) is 1.95. The largest absolute Gasteiger partial charge is 0.490 e. The van der Waals surface area contributed by atoms with E-state index in [2.05, 4.69) is 5.32 Å². The van der Waals surface area contributed by atoms with Gasteiger partial charge in [-0.05, 0) is 26.1 Å². The van der Waals surface area contributed by atoms with Gasteiger partial charge in [-0.15, -0.1) is 0 Å². The van der Waals surface area contributed by atoms with Crippen molar-refractivity contribution in [1.82, 2.24) is 5.32 Å². The molecule has 1 rings (SSSR count). The van der Waals surface area contributed by atoms with Crippen molar-refractivity contribution >= 4 is 0 Å². The van der Waals surface area contributed by atoms with Crippen molar-refractivity contribution < 1.29 is 18.6 Å². The molecule has 1 unspecified atom stereocenters. The Balaban J connectivity index is 2.53. The molecule has 1 aromatic carbocycles. The summed E-state index contributed by atoms with van der Waals surface area (Å²) < 4.78 is 31.2. The standard InChI is InChI=1S/C12H17F2NO2/c1-12(8-16,15-2)5-6-17-11-7-9(13)3-4-10(11)14/h3-4,7,15-16H,5-6,8H2,1-2H3. The number of hydrogen-bond acceptors (Lipinski definition) is 3. The maximum Gasteiger partial charge on any atom is 0.165 e. The number of aliphatic hydroxyl groups excluding tert-OH is 1. The quantitative estimate of drug-likeness (QED) is 0.801. The Labute approximate surface area is 99.4 Å². The molecule has 0 saturated carbocycles. The van der Waals surface area contributed by atoms with E-state index in [4.69, 9.17) is 9.84 Å². The molecule has 1 atom stereocenters. The van der Waals surface area contributed by atoms with Crippen LogP contribution >= 0.6 is 0 Å². The molecule has 0 radical (unpaired) electrons. The van der Waals surface area contributed by atoms with Gasteiger partial charge < -0.3 is 15.2 Å². The van der Waals surface area contributed by atoms with Crippen LogP contribution in [0.1, 0.15) is 13.3 Å². The van der Waals surface area contributed by atoms with Gasteiger partial charge >= 0.3 is 0 Å². The smallest absolute Gasteiger partial charge is 0.165 e. The molecule has 1 aromatic rings. The highest BCUT2D eigenvalue weighted by molar-refractivity contribution is 5.24. The van der Waals surface area contributed by atoms with Crippen LogP contribution in [0.5, 0.6) is 5.75 Å². The van der Waals surface area contributed by atoms with Gasteiger partial charge in [0.15, 0.2) is 11.6 Å². The molecule has 0 aliphatic heterocycles. The van der Waals surface area contributed by atoms with E-state index >= 15 is 0 Å². The SMILES string of the molecule is CNC(C)(CO)CCOc1cc(F)ccc1F. The van der Waals surface area contributed by atoms with Crippen LogP contribution in [0.4, 0.5) is 8.78 Å². The molecule has 0 saturated heterocycles. The number of aliphatic hydroxyl groups is 1. The molecule has 0 bridgehead atoms. The summed E-state index contributed by atoms with van der Waals surface area (Å²) >= 11 is 0. The van der Waals surface area contributed by atoms with E-state index in [1.54, 1.807) is 7.05 Å². The van der Waals surface area contributed by atoms with Gasteiger partial charge in [0.2, 0.25) is 0 Å². The first kappa shape index (κ1) is 13.9. The van der Waals surface area contributed by atoms with Gasteiger partial charge in [0.25, 0.3) is 0 Å². The summed E-state index contributed by atoms with van der Waals surface area (Å²) in [4.78, 5) is 0. The van der Waals surface area contributed by atoms with E-state index in [1.165, 1.54) is 0 Å². The molecule has 0 aromatic heterocycles. The zero-order chi connectivity index (χ0) is 12.9. The molecular formula is C12H17F2NO2. The van der Waals surface area contributed by atoms with E-state index < -0.39 is 17.2 Å². The van der Waals surface area contributed by atoms with Crippen LogP contribution in [0.25, 0.3) is 0 Å². The molecule has 0 fully saturated rings. The first-order valence-electron chi connectivity index (χ1n) is 5.38. The molecule has 5 heteroatoms. The number of hydrogen-bond donors (Lipinski definition) is 2. The number of benzene rings is 1. The van der Waals surface area contributed by atoms with Gasteiger partial charge in [0.1, 0.15) is 5.82 Å². The van der Waals surface area contributed by atoms with Gasteiger partial charge in [-0.1, -0.05) is 0 Å². The molecule has 17 heavy (non-hydrogen) atoms. The predicted molar refractivity (Wildman–Crippen MR) is 61.0 cm³/mol. The van der Waals surface area contributed by atoms with Crippen LogP contribution in [0, 0.1) is 11.6 Å². The van der Waals surface area contributed by atoms with Crippen molar-refractivity contribution in [2.45, 2.75) is 18.9 Å². The van der Waals surface area contributed by atoms with Crippen molar-refractivity contribution in [3.63, 3.8) is 0 Å². The van der Waals surface area contributed by atoms with Crippen LogP contribution in [-0.4, -0.2) is 30.9 Å². The van der Waals surface area contributed by atoms with E-state index in [9.17, 15) is 8.78 Å². The number of ether oxygens (including phenoxy) is 1. The van der Waals surface area contributed by atoms with Crippen LogP contribution in [-0.2, 0) is 0 Å². The fraction of sp³-hybridized carbons (Fsp3) is 0.500. The average Bonchev–Trinajstić information content (AvgIpc) is 2.33. The van der Waals surface area contributed by atoms with E-state index in [0.717, 1.165) is 18.2 Å². The Morgan fingerprint density at radius 1 is 1.41 bits per heavy atom. The van der Waals surface area contributed by atoms with Crippen LogP contribution in [0.2, 0.25) is 0 Å². The van der Waals surface area contributed by atoms with Gasteiger partial charge in [-0.3, -0.25) is 0 Å². The maximum atomic E-state index is 13.2. The molecule has 0 spiro atoms. The Kier molecular flexibility index (Phi) is 4.84. The van der Waals surface area contributed by atoms with Crippen molar-refractivity contribution in [1.29, 1.82) is 0 Å². The fourth-order valence-electron chi connectivity index (χ4n) is 1.26. The Bertz CT molecular complexity index is 368. The molecule has 96 valence electrons. The second kappa shape index (κ2) is 5.93. The van der Waals surface area contributed by atoms with Gasteiger partial charge in [-0.2, -0.15) is 0 Å². The summed E-state index contributed by atoms with van der Waals surface area (Å²) in [5.41, 5.74) is -0.482. The second-order valence-electron chi connectivity index (χ2n) is 4.14. The summed E-state index contributed by atoms with van der Waals surface area (Å²) in [5, 5.41) is 12.1. The third kappa shape index (κ3) is 3.94. The minimum Gasteiger partial charge on any atom is -0.490 e. The lowest BCUT2D eigenvalue weighted by atomic mass is 10.0. The maximum absolute atomic E-state index is 13.2. The van der Waals surface area contributed by atoms with Gasteiger partial charge in [0.05, 0.1) is 13.2 Å². The van der Waals surface area contributed by atoms with E-state index in [1.807, 2.05) is 6.92 Å². The zero-order valence-corrected chi connectivity index (χ0v) is 9.96. The van der Waals surface area contributed by atoms with Gasteiger partial charge in [0, 0.05) is 18.0 Å². The highest BCUT2D eigenvalue weighted by atomic mass is 19.1. The summed E-state index contributed by atoms with van der Waals surface area (Å²) in [7, 11) is 1.72. The van der Waals surface area contributed by atoms with Crippen LogP contribution in [0.3, 0.4) is 0 Å². The Hall–Kier alpha value is -1.20. The van der Waals surface area contributed by atoms with E-state index in [-0.39, 0.29) is 19.0 Å². The molecule has 0 aliphatic rings. The monoisotopic (exact) mass is 245 g/mol.